The highest BCUT2D eigenvalue weighted by Crippen LogP contribution is 2.27. The van der Waals surface area contributed by atoms with E-state index in [1.165, 1.54) is 12.8 Å². The quantitative estimate of drug-likeness (QED) is 0.355. The monoisotopic (exact) mass is 535 g/mol. The Morgan fingerprint density at radius 1 is 1.28 bits per heavy atom. The Hall–Kier alpha value is -1.03. The summed E-state index contributed by atoms with van der Waals surface area (Å²) in [6.07, 6.45) is 5.04. The highest BCUT2D eigenvalue weighted by Gasteiger charge is 2.41. The lowest BCUT2D eigenvalue weighted by Crippen LogP contribution is -2.57. The van der Waals surface area contributed by atoms with E-state index in [-0.39, 0.29) is 29.7 Å². The van der Waals surface area contributed by atoms with Gasteiger partial charge in [0.2, 0.25) is 0 Å². The minimum atomic E-state index is -3.07. The summed E-state index contributed by atoms with van der Waals surface area (Å²) in [5.74, 6) is 1.84. The van der Waals surface area contributed by atoms with Crippen LogP contribution in [0.3, 0.4) is 0 Å². The van der Waals surface area contributed by atoms with Gasteiger partial charge in [0.25, 0.3) is 0 Å². The highest BCUT2D eigenvalue weighted by molar-refractivity contribution is 14.0. The molecular weight excluding hydrogens is 501 g/mol. The molecule has 164 valence electrons. The first-order valence-electron chi connectivity index (χ1n) is 10.3. The molecule has 0 amide bonds. The standard InChI is InChI=1S/C21H33N3O3S.HI/c1-4-22-20(24-13-14-28(25,26)21(2,3)16-24)23-15-17-9-5-8-12-19(17)27-18-10-6-7-11-18;/h5,8-9,12,18H,4,6-7,10-11,13-16H2,1-3H3,(H,22,23);1H. The van der Waals surface area contributed by atoms with Gasteiger partial charge < -0.3 is 15.0 Å². The van der Waals surface area contributed by atoms with Gasteiger partial charge in [-0.05, 0) is 52.5 Å². The van der Waals surface area contributed by atoms with Gasteiger partial charge in [-0.2, -0.15) is 0 Å². The summed E-state index contributed by atoms with van der Waals surface area (Å²) in [6.45, 7) is 7.78. The van der Waals surface area contributed by atoms with Crippen molar-refractivity contribution < 1.29 is 13.2 Å². The zero-order valence-corrected chi connectivity index (χ0v) is 20.8. The van der Waals surface area contributed by atoms with Gasteiger partial charge >= 0.3 is 0 Å². The zero-order valence-electron chi connectivity index (χ0n) is 17.7. The lowest BCUT2D eigenvalue weighted by atomic mass is 10.2. The third kappa shape index (κ3) is 5.99. The summed E-state index contributed by atoms with van der Waals surface area (Å²) in [7, 11) is -3.07. The minimum Gasteiger partial charge on any atom is -0.490 e. The van der Waals surface area contributed by atoms with E-state index >= 15 is 0 Å². The molecule has 0 radical (unpaired) electrons. The summed E-state index contributed by atoms with van der Waals surface area (Å²) in [4.78, 5) is 6.87. The number of ether oxygens (including phenoxy) is 1. The molecule has 0 bridgehead atoms. The van der Waals surface area contributed by atoms with Crippen molar-refractivity contribution in [2.75, 3.05) is 25.4 Å². The van der Waals surface area contributed by atoms with Crippen LogP contribution < -0.4 is 10.1 Å². The Kier molecular flexibility index (Phi) is 8.63. The van der Waals surface area contributed by atoms with E-state index in [2.05, 4.69) is 16.3 Å². The van der Waals surface area contributed by atoms with Crippen LogP contribution in [0.1, 0.15) is 52.0 Å². The van der Waals surface area contributed by atoms with Crippen molar-refractivity contribution >= 4 is 39.8 Å². The number of sulfone groups is 1. The Morgan fingerprint density at radius 2 is 1.97 bits per heavy atom. The van der Waals surface area contributed by atoms with E-state index in [1.54, 1.807) is 13.8 Å². The number of aliphatic imine (C=N–C) groups is 1. The van der Waals surface area contributed by atoms with E-state index in [0.29, 0.717) is 25.7 Å². The fourth-order valence-corrected chi connectivity index (χ4v) is 5.21. The maximum atomic E-state index is 12.3. The van der Waals surface area contributed by atoms with Crippen molar-refractivity contribution in [1.82, 2.24) is 10.2 Å². The van der Waals surface area contributed by atoms with Gasteiger partial charge in [0.15, 0.2) is 15.8 Å². The van der Waals surface area contributed by atoms with Gasteiger partial charge in [0.05, 0.1) is 23.1 Å². The highest BCUT2D eigenvalue weighted by atomic mass is 127. The first kappa shape index (κ1) is 24.2. The molecule has 1 aromatic rings. The van der Waals surface area contributed by atoms with Crippen LogP contribution >= 0.6 is 24.0 Å². The number of nitrogens with one attached hydrogen (secondary N) is 1. The molecule has 2 fully saturated rings. The third-order valence-corrected chi connectivity index (χ3v) is 8.18. The smallest absolute Gasteiger partial charge is 0.194 e. The largest absolute Gasteiger partial charge is 0.490 e. The van der Waals surface area contributed by atoms with Crippen molar-refractivity contribution in [3.8, 4) is 5.75 Å². The second-order valence-electron chi connectivity index (χ2n) is 8.30. The molecule has 1 saturated heterocycles. The predicted octanol–water partition coefficient (Wildman–Crippen LogP) is 3.60. The zero-order chi connectivity index (χ0) is 20.2. The molecule has 6 nitrogen and oxygen atoms in total. The Morgan fingerprint density at radius 3 is 2.62 bits per heavy atom. The summed E-state index contributed by atoms with van der Waals surface area (Å²) in [5, 5.41) is 3.32. The fraction of sp³-hybridized carbons (Fsp3) is 0.667. The van der Waals surface area contributed by atoms with Crippen LogP contribution in [-0.2, 0) is 16.4 Å². The fourth-order valence-electron chi connectivity index (χ4n) is 3.85. The normalized spacial score (nSPS) is 21.5. The van der Waals surface area contributed by atoms with Crippen molar-refractivity contribution in [3.63, 3.8) is 0 Å². The first-order valence-corrected chi connectivity index (χ1v) is 12.0. The van der Waals surface area contributed by atoms with Gasteiger partial charge in [-0.3, -0.25) is 0 Å². The molecule has 0 unspecified atom stereocenters. The number of hydrogen-bond donors (Lipinski definition) is 1. The number of nitrogens with zero attached hydrogens (tertiary/aromatic N) is 2. The van der Waals surface area contributed by atoms with E-state index in [4.69, 9.17) is 9.73 Å². The van der Waals surface area contributed by atoms with Crippen LogP contribution in [0.2, 0.25) is 0 Å². The van der Waals surface area contributed by atoms with Crippen molar-refractivity contribution in [2.45, 2.75) is 63.9 Å². The molecule has 0 atom stereocenters. The van der Waals surface area contributed by atoms with Gasteiger partial charge in [-0.15, -0.1) is 24.0 Å². The Labute approximate surface area is 192 Å². The molecule has 1 saturated carbocycles. The Balaban J connectivity index is 0.00000300. The molecule has 0 aromatic heterocycles. The predicted molar refractivity (Wildman–Crippen MR) is 129 cm³/mol. The molecule has 1 N–H and O–H groups in total. The van der Waals surface area contributed by atoms with E-state index in [9.17, 15) is 8.42 Å². The van der Waals surface area contributed by atoms with Gasteiger partial charge in [0.1, 0.15) is 5.75 Å². The van der Waals surface area contributed by atoms with Gasteiger partial charge in [-0.25, -0.2) is 13.4 Å². The molecule has 3 rings (SSSR count). The lowest BCUT2D eigenvalue weighted by Gasteiger charge is -2.39. The molecule has 29 heavy (non-hydrogen) atoms. The lowest BCUT2D eigenvalue weighted by molar-refractivity contribution is 0.208. The minimum absolute atomic E-state index is 0. The van der Waals surface area contributed by atoms with Crippen LogP contribution in [0.25, 0.3) is 0 Å². The SMILES string of the molecule is CCNC(=NCc1ccccc1OC1CCCC1)N1CCS(=O)(=O)C(C)(C)C1.I. The van der Waals surface area contributed by atoms with Crippen LogP contribution in [0.5, 0.6) is 5.75 Å². The average Bonchev–Trinajstić information content (AvgIpc) is 3.15. The number of benzene rings is 1. The molecule has 1 heterocycles. The molecule has 1 aliphatic heterocycles. The Bertz CT molecular complexity index is 805. The molecule has 0 spiro atoms. The van der Waals surface area contributed by atoms with E-state index in [0.717, 1.165) is 36.7 Å². The summed E-state index contributed by atoms with van der Waals surface area (Å²) < 4.78 is 30.1. The average molecular weight is 535 g/mol. The van der Waals surface area contributed by atoms with Gasteiger partial charge in [-0.1, -0.05) is 18.2 Å². The van der Waals surface area contributed by atoms with Crippen LogP contribution in [-0.4, -0.2) is 55.5 Å². The summed E-state index contributed by atoms with van der Waals surface area (Å²) in [5.41, 5.74) is 1.06. The topological polar surface area (TPSA) is 71.0 Å². The second-order valence-corrected chi connectivity index (χ2v) is 11.0. The maximum absolute atomic E-state index is 12.3. The molecule has 1 aromatic carbocycles. The van der Waals surface area contributed by atoms with Crippen LogP contribution in [0.4, 0.5) is 0 Å². The first-order chi connectivity index (χ1) is 13.3. The maximum Gasteiger partial charge on any atom is 0.194 e. The van der Waals surface area contributed by atoms with Crippen molar-refractivity contribution in [1.29, 1.82) is 0 Å². The number of halogens is 1. The van der Waals surface area contributed by atoms with Crippen LogP contribution in [0, 0.1) is 0 Å². The third-order valence-electron chi connectivity index (χ3n) is 5.65. The summed E-state index contributed by atoms with van der Waals surface area (Å²) in [6, 6.07) is 8.09. The van der Waals surface area contributed by atoms with E-state index in [1.807, 2.05) is 25.1 Å². The van der Waals surface area contributed by atoms with Gasteiger partial charge in [0, 0.05) is 25.2 Å². The van der Waals surface area contributed by atoms with Crippen molar-refractivity contribution in [2.24, 2.45) is 4.99 Å². The summed E-state index contributed by atoms with van der Waals surface area (Å²) >= 11 is 0. The number of hydrogen-bond acceptors (Lipinski definition) is 4. The van der Waals surface area contributed by atoms with Crippen LogP contribution in [0.15, 0.2) is 29.3 Å². The molecular formula is C21H34IN3O3S. The number of guanidine groups is 1. The molecule has 1 aliphatic carbocycles. The van der Waals surface area contributed by atoms with Crippen molar-refractivity contribution in [3.05, 3.63) is 29.8 Å². The number of rotatable bonds is 5. The second kappa shape index (κ2) is 10.3. The molecule has 2 aliphatic rings. The van der Waals surface area contributed by atoms with E-state index < -0.39 is 14.6 Å². The molecule has 8 heteroatoms. The number of para-hydroxylation sites is 1.